The van der Waals surface area contributed by atoms with E-state index in [2.05, 4.69) is 0 Å². The predicted octanol–water partition coefficient (Wildman–Crippen LogP) is 3.53. The van der Waals surface area contributed by atoms with E-state index in [0.717, 1.165) is 11.3 Å². The first kappa shape index (κ1) is 20.8. The Balaban J connectivity index is 1.56. The lowest BCUT2D eigenvalue weighted by Gasteiger charge is -2.22. The zero-order valence-corrected chi connectivity index (χ0v) is 16.8. The summed E-state index contributed by atoms with van der Waals surface area (Å²) >= 11 is 0. The van der Waals surface area contributed by atoms with E-state index in [-0.39, 0.29) is 17.4 Å². The largest absolute Gasteiger partial charge is 0.494 e. The smallest absolute Gasteiger partial charge is 0.256 e. The summed E-state index contributed by atoms with van der Waals surface area (Å²) in [6.45, 7) is 4.52. The minimum atomic E-state index is -0.511. The fraction of sp³-hybridized carbons (Fsp3) is 0.391. The van der Waals surface area contributed by atoms with Crippen molar-refractivity contribution >= 4 is 11.8 Å². The molecule has 0 spiro atoms. The number of benzene rings is 2. The fourth-order valence-electron chi connectivity index (χ4n) is 3.58. The van der Waals surface area contributed by atoms with E-state index in [1.54, 1.807) is 21.9 Å². The van der Waals surface area contributed by atoms with Gasteiger partial charge in [0.1, 0.15) is 11.6 Å². The summed E-state index contributed by atoms with van der Waals surface area (Å²) in [6, 6.07) is 13.8. The molecule has 29 heavy (non-hydrogen) atoms. The van der Waals surface area contributed by atoms with E-state index in [9.17, 15) is 14.0 Å². The summed E-state index contributed by atoms with van der Waals surface area (Å²) in [5.74, 6) is 0.0579. The van der Waals surface area contributed by atoms with E-state index in [0.29, 0.717) is 52.0 Å². The number of hydrogen-bond acceptors (Lipinski definition) is 3. The summed E-state index contributed by atoms with van der Waals surface area (Å²) in [6.07, 6.45) is 1.69. The molecular weight excluding hydrogens is 371 g/mol. The first-order chi connectivity index (χ1) is 14.1. The van der Waals surface area contributed by atoms with Crippen molar-refractivity contribution < 1.29 is 18.7 Å². The molecule has 5 nitrogen and oxygen atoms in total. The Kier molecular flexibility index (Phi) is 7.22. The third kappa shape index (κ3) is 5.34. The Labute approximate surface area is 171 Å². The molecule has 1 aliphatic heterocycles. The lowest BCUT2D eigenvalue weighted by Crippen LogP contribution is -2.37. The molecule has 3 rings (SSSR count). The van der Waals surface area contributed by atoms with Gasteiger partial charge in [-0.05, 0) is 43.5 Å². The quantitative estimate of drug-likeness (QED) is 0.748. The van der Waals surface area contributed by atoms with E-state index in [4.69, 9.17) is 4.74 Å². The zero-order chi connectivity index (χ0) is 20.6. The molecule has 2 amide bonds. The van der Waals surface area contributed by atoms with Gasteiger partial charge in [-0.15, -0.1) is 0 Å². The van der Waals surface area contributed by atoms with Gasteiger partial charge in [0, 0.05) is 32.6 Å². The SMILES string of the molecule is CCOc1ccccc1CCC(=O)N1CCCN(C(=O)c2ccccc2F)CC1. The minimum Gasteiger partial charge on any atom is -0.494 e. The summed E-state index contributed by atoms with van der Waals surface area (Å²) in [7, 11) is 0. The van der Waals surface area contributed by atoms with Crippen LogP contribution in [0.15, 0.2) is 48.5 Å². The average molecular weight is 398 g/mol. The second-order valence-corrected chi connectivity index (χ2v) is 7.05. The lowest BCUT2D eigenvalue weighted by molar-refractivity contribution is -0.131. The van der Waals surface area contributed by atoms with Crippen LogP contribution >= 0.6 is 0 Å². The summed E-state index contributed by atoms with van der Waals surface area (Å²) in [5, 5.41) is 0. The number of carbonyl (C=O) groups is 2. The molecule has 2 aromatic rings. The van der Waals surface area contributed by atoms with Crippen molar-refractivity contribution in [3.8, 4) is 5.75 Å². The highest BCUT2D eigenvalue weighted by molar-refractivity contribution is 5.94. The van der Waals surface area contributed by atoms with Gasteiger partial charge in [0.05, 0.1) is 12.2 Å². The number of rotatable bonds is 6. The average Bonchev–Trinajstić information content (AvgIpc) is 2.99. The maximum atomic E-state index is 13.9. The van der Waals surface area contributed by atoms with Crippen LogP contribution in [-0.2, 0) is 11.2 Å². The molecular formula is C23H27FN2O3. The molecule has 1 aliphatic rings. The monoisotopic (exact) mass is 398 g/mol. The van der Waals surface area contributed by atoms with Crippen LogP contribution in [0, 0.1) is 5.82 Å². The highest BCUT2D eigenvalue weighted by Crippen LogP contribution is 2.20. The molecule has 0 N–H and O–H groups in total. The maximum absolute atomic E-state index is 13.9. The normalized spacial score (nSPS) is 14.4. The van der Waals surface area contributed by atoms with E-state index >= 15 is 0 Å². The molecule has 6 heteroatoms. The van der Waals surface area contributed by atoms with Gasteiger partial charge in [0.25, 0.3) is 5.91 Å². The summed E-state index contributed by atoms with van der Waals surface area (Å²) in [4.78, 5) is 28.8. The Morgan fingerprint density at radius 2 is 1.66 bits per heavy atom. The van der Waals surface area contributed by atoms with Crippen LogP contribution in [0.2, 0.25) is 0 Å². The molecule has 1 fully saturated rings. The van der Waals surface area contributed by atoms with Crippen molar-refractivity contribution in [1.82, 2.24) is 9.80 Å². The van der Waals surface area contributed by atoms with Gasteiger partial charge in [-0.3, -0.25) is 9.59 Å². The van der Waals surface area contributed by atoms with Crippen molar-refractivity contribution in [2.45, 2.75) is 26.2 Å². The molecule has 0 bridgehead atoms. The fourth-order valence-corrected chi connectivity index (χ4v) is 3.58. The number of aryl methyl sites for hydroxylation is 1. The summed E-state index contributed by atoms with van der Waals surface area (Å²) < 4.78 is 19.6. The van der Waals surface area contributed by atoms with Crippen molar-refractivity contribution in [3.63, 3.8) is 0 Å². The van der Waals surface area contributed by atoms with Crippen molar-refractivity contribution in [3.05, 3.63) is 65.5 Å². The molecule has 0 atom stereocenters. The van der Waals surface area contributed by atoms with Crippen LogP contribution in [0.3, 0.4) is 0 Å². The molecule has 1 saturated heterocycles. The standard InChI is InChI=1S/C23H27FN2O3/c1-2-29-21-11-6-3-8-18(21)12-13-22(27)25-14-7-15-26(17-16-25)23(28)19-9-4-5-10-20(19)24/h3-6,8-11H,2,7,12-17H2,1H3. The van der Waals surface area contributed by atoms with Gasteiger partial charge in [-0.25, -0.2) is 4.39 Å². The van der Waals surface area contributed by atoms with Crippen molar-refractivity contribution in [2.24, 2.45) is 0 Å². The maximum Gasteiger partial charge on any atom is 0.256 e. The first-order valence-corrected chi connectivity index (χ1v) is 10.1. The Morgan fingerprint density at radius 1 is 0.966 bits per heavy atom. The number of hydrogen-bond donors (Lipinski definition) is 0. The first-order valence-electron chi connectivity index (χ1n) is 10.1. The number of halogens is 1. The van der Waals surface area contributed by atoms with Crippen LogP contribution in [-0.4, -0.2) is 54.4 Å². The van der Waals surface area contributed by atoms with Crippen LogP contribution in [0.1, 0.15) is 35.7 Å². The van der Waals surface area contributed by atoms with Crippen molar-refractivity contribution in [1.29, 1.82) is 0 Å². The Morgan fingerprint density at radius 3 is 2.45 bits per heavy atom. The van der Waals surface area contributed by atoms with Gasteiger partial charge >= 0.3 is 0 Å². The number of para-hydroxylation sites is 1. The van der Waals surface area contributed by atoms with Crippen LogP contribution < -0.4 is 4.74 Å². The Hall–Kier alpha value is -2.89. The molecule has 154 valence electrons. The van der Waals surface area contributed by atoms with E-state index in [1.807, 2.05) is 31.2 Å². The third-order valence-electron chi connectivity index (χ3n) is 5.12. The number of amides is 2. The molecule has 0 radical (unpaired) electrons. The van der Waals surface area contributed by atoms with Gasteiger partial charge in [0.2, 0.25) is 5.91 Å². The predicted molar refractivity (Wildman–Crippen MR) is 109 cm³/mol. The van der Waals surface area contributed by atoms with Crippen LogP contribution in [0.25, 0.3) is 0 Å². The molecule has 0 aliphatic carbocycles. The Bertz CT molecular complexity index is 856. The van der Waals surface area contributed by atoms with Crippen LogP contribution in [0.5, 0.6) is 5.75 Å². The zero-order valence-electron chi connectivity index (χ0n) is 16.8. The van der Waals surface area contributed by atoms with E-state index < -0.39 is 5.82 Å². The van der Waals surface area contributed by atoms with Gasteiger partial charge in [-0.1, -0.05) is 30.3 Å². The number of nitrogens with zero attached hydrogens (tertiary/aromatic N) is 2. The molecule has 0 saturated carbocycles. The molecule has 0 unspecified atom stereocenters. The number of carbonyl (C=O) groups excluding carboxylic acids is 2. The second kappa shape index (κ2) is 10.0. The van der Waals surface area contributed by atoms with E-state index in [1.165, 1.54) is 12.1 Å². The van der Waals surface area contributed by atoms with Crippen LogP contribution in [0.4, 0.5) is 4.39 Å². The summed E-state index contributed by atoms with van der Waals surface area (Å²) in [5.41, 5.74) is 1.11. The number of ether oxygens (including phenoxy) is 1. The molecule has 1 heterocycles. The lowest BCUT2D eigenvalue weighted by atomic mass is 10.1. The topological polar surface area (TPSA) is 49.9 Å². The highest BCUT2D eigenvalue weighted by Gasteiger charge is 2.24. The third-order valence-corrected chi connectivity index (χ3v) is 5.12. The highest BCUT2D eigenvalue weighted by atomic mass is 19.1. The minimum absolute atomic E-state index is 0.0662. The molecule has 2 aromatic carbocycles. The van der Waals surface area contributed by atoms with Gasteiger partial charge in [-0.2, -0.15) is 0 Å². The second-order valence-electron chi connectivity index (χ2n) is 7.05. The molecule has 0 aromatic heterocycles. The van der Waals surface area contributed by atoms with Crippen molar-refractivity contribution in [2.75, 3.05) is 32.8 Å². The van der Waals surface area contributed by atoms with Gasteiger partial charge < -0.3 is 14.5 Å². The van der Waals surface area contributed by atoms with Gasteiger partial charge in [0.15, 0.2) is 0 Å².